The SMILES string of the molecule is CCNC(=NCC1(CCOCC)CCCC1)NCCCOCC1CCCO1. The predicted molar refractivity (Wildman–Crippen MR) is 110 cm³/mol. The molecular weight excluding hydrogens is 342 g/mol. The fourth-order valence-corrected chi connectivity index (χ4v) is 4.01. The Labute approximate surface area is 165 Å². The molecule has 0 bridgehead atoms. The van der Waals surface area contributed by atoms with Crippen molar-refractivity contribution in [2.75, 3.05) is 52.7 Å². The van der Waals surface area contributed by atoms with Crippen molar-refractivity contribution < 1.29 is 14.2 Å². The van der Waals surface area contributed by atoms with Gasteiger partial charge in [-0.2, -0.15) is 0 Å². The van der Waals surface area contributed by atoms with Gasteiger partial charge in [0.1, 0.15) is 0 Å². The van der Waals surface area contributed by atoms with E-state index in [1.807, 2.05) is 0 Å². The lowest BCUT2D eigenvalue weighted by atomic mass is 9.83. The summed E-state index contributed by atoms with van der Waals surface area (Å²) in [6.07, 6.45) is 9.94. The average molecular weight is 384 g/mol. The minimum absolute atomic E-state index is 0.316. The largest absolute Gasteiger partial charge is 0.382 e. The van der Waals surface area contributed by atoms with Gasteiger partial charge in [-0.1, -0.05) is 12.8 Å². The Kier molecular flexibility index (Phi) is 11.1. The molecule has 1 heterocycles. The van der Waals surface area contributed by atoms with Crippen molar-refractivity contribution in [2.24, 2.45) is 10.4 Å². The molecule has 1 atom stereocenters. The van der Waals surface area contributed by atoms with Gasteiger partial charge in [-0.15, -0.1) is 0 Å². The van der Waals surface area contributed by atoms with E-state index in [0.717, 1.165) is 77.9 Å². The van der Waals surface area contributed by atoms with Gasteiger partial charge in [0.15, 0.2) is 5.96 Å². The van der Waals surface area contributed by atoms with Crippen LogP contribution in [0.5, 0.6) is 0 Å². The second-order valence-corrected chi connectivity index (χ2v) is 7.84. The first-order chi connectivity index (χ1) is 13.3. The topological polar surface area (TPSA) is 64.1 Å². The van der Waals surface area contributed by atoms with E-state index in [1.165, 1.54) is 32.1 Å². The lowest BCUT2D eigenvalue weighted by Gasteiger charge is -2.27. The van der Waals surface area contributed by atoms with Crippen LogP contribution in [-0.2, 0) is 14.2 Å². The maximum atomic E-state index is 5.73. The van der Waals surface area contributed by atoms with Crippen LogP contribution < -0.4 is 10.6 Å². The van der Waals surface area contributed by atoms with Crippen molar-refractivity contribution in [3.05, 3.63) is 0 Å². The first-order valence-corrected chi connectivity index (χ1v) is 11.1. The molecule has 27 heavy (non-hydrogen) atoms. The van der Waals surface area contributed by atoms with E-state index >= 15 is 0 Å². The van der Waals surface area contributed by atoms with Crippen LogP contribution in [-0.4, -0.2) is 64.7 Å². The highest BCUT2D eigenvalue weighted by Crippen LogP contribution is 2.41. The van der Waals surface area contributed by atoms with Crippen molar-refractivity contribution in [1.29, 1.82) is 0 Å². The molecule has 2 fully saturated rings. The smallest absolute Gasteiger partial charge is 0.191 e. The van der Waals surface area contributed by atoms with E-state index in [9.17, 15) is 0 Å². The van der Waals surface area contributed by atoms with Crippen molar-refractivity contribution in [3.8, 4) is 0 Å². The third-order valence-electron chi connectivity index (χ3n) is 5.65. The van der Waals surface area contributed by atoms with Crippen molar-refractivity contribution in [3.63, 3.8) is 0 Å². The van der Waals surface area contributed by atoms with Crippen LogP contribution in [0.4, 0.5) is 0 Å². The molecule has 158 valence electrons. The molecule has 2 rings (SSSR count). The van der Waals surface area contributed by atoms with Gasteiger partial charge in [0.2, 0.25) is 0 Å². The number of aliphatic imine (C=N–C) groups is 1. The number of nitrogens with zero attached hydrogens (tertiary/aromatic N) is 1. The number of nitrogens with one attached hydrogen (secondary N) is 2. The van der Waals surface area contributed by atoms with Crippen LogP contribution >= 0.6 is 0 Å². The number of rotatable bonds is 13. The second kappa shape index (κ2) is 13.3. The second-order valence-electron chi connectivity index (χ2n) is 7.84. The highest BCUT2D eigenvalue weighted by atomic mass is 16.5. The van der Waals surface area contributed by atoms with E-state index in [4.69, 9.17) is 19.2 Å². The first kappa shape index (κ1) is 22.4. The molecule has 2 N–H and O–H groups in total. The highest BCUT2D eigenvalue weighted by Gasteiger charge is 2.33. The van der Waals surface area contributed by atoms with Crippen LogP contribution in [0.25, 0.3) is 0 Å². The van der Waals surface area contributed by atoms with E-state index in [0.29, 0.717) is 11.5 Å². The lowest BCUT2D eigenvalue weighted by molar-refractivity contribution is 0.0168. The quantitative estimate of drug-likeness (QED) is 0.291. The monoisotopic (exact) mass is 383 g/mol. The Morgan fingerprint density at radius 2 is 1.96 bits per heavy atom. The molecule has 0 spiro atoms. The zero-order chi connectivity index (χ0) is 19.2. The van der Waals surface area contributed by atoms with E-state index < -0.39 is 0 Å². The zero-order valence-corrected chi connectivity index (χ0v) is 17.6. The Hall–Kier alpha value is -0.850. The van der Waals surface area contributed by atoms with E-state index in [-0.39, 0.29) is 0 Å². The lowest BCUT2D eigenvalue weighted by Crippen LogP contribution is -2.39. The average Bonchev–Trinajstić information content (AvgIpc) is 3.35. The van der Waals surface area contributed by atoms with Crippen LogP contribution in [0.15, 0.2) is 4.99 Å². The fourth-order valence-electron chi connectivity index (χ4n) is 4.01. The molecular formula is C21H41N3O3. The van der Waals surface area contributed by atoms with Gasteiger partial charge in [0.05, 0.1) is 12.7 Å². The Bertz CT molecular complexity index is 405. The number of guanidine groups is 1. The number of ether oxygens (including phenoxy) is 3. The molecule has 0 radical (unpaired) electrons. The van der Waals surface area contributed by atoms with E-state index in [1.54, 1.807) is 0 Å². The summed E-state index contributed by atoms with van der Waals surface area (Å²) in [6, 6.07) is 0. The van der Waals surface area contributed by atoms with Crippen LogP contribution in [0, 0.1) is 5.41 Å². The summed E-state index contributed by atoms with van der Waals surface area (Å²) in [7, 11) is 0. The summed E-state index contributed by atoms with van der Waals surface area (Å²) in [5.74, 6) is 0.930. The van der Waals surface area contributed by atoms with Gasteiger partial charge in [-0.3, -0.25) is 4.99 Å². The third kappa shape index (κ3) is 8.79. The number of hydrogen-bond donors (Lipinski definition) is 2. The standard InChI is InChI=1S/C21H41N3O3/c1-3-22-20(23-13-8-14-26-17-19-9-7-15-27-19)24-18-21(10-5-6-11-21)12-16-25-4-2/h19H,3-18H2,1-2H3,(H2,22,23,24). The molecule has 1 aliphatic carbocycles. The zero-order valence-electron chi connectivity index (χ0n) is 17.6. The fraction of sp³-hybridized carbons (Fsp3) is 0.952. The van der Waals surface area contributed by atoms with Crippen molar-refractivity contribution in [1.82, 2.24) is 10.6 Å². The molecule has 0 amide bonds. The molecule has 1 saturated carbocycles. The van der Waals surface area contributed by atoms with Crippen molar-refractivity contribution in [2.45, 2.75) is 71.3 Å². The van der Waals surface area contributed by atoms with Crippen molar-refractivity contribution >= 4 is 5.96 Å². The molecule has 0 aromatic carbocycles. The molecule has 1 unspecified atom stereocenters. The summed E-state index contributed by atoms with van der Waals surface area (Å²) in [4.78, 5) is 4.91. The van der Waals surface area contributed by atoms with Gasteiger partial charge in [0.25, 0.3) is 0 Å². The van der Waals surface area contributed by atoms with Gasteiger partial charge < -0.3 is 24.8 Å². The van der Waals surface area contributed by atoms with E-state index in [2.05, 4.69) is 24.5 Å². The maximum absolute atomic E-state index is 5.73. The summed E-state index contributed by atoms with van der Waals surface area (Å²) in [6.45, 7) is 10.9. The highest BCUT2D eigenvalue weighted by molar-refractivity contribution is 5.79. The normalized spacial score (nSPS) is 22.3. The third-order valence-corrected chi connectivity index (χ3v) is 5.65. The first-order valence-electron chi connectivity index (χ1n) is 11.1. The summed E-state index contributed by atoms with van der Waals surface area (Å²) >= 11 is 0. The van der Waals surface area contributed by atoms with Crippen LogP contribution in [0.2, 0.25) is 0 Å². The Balaban J connectivity index is 1.67. The number of hydrogen-bond acceptors (Lipinski definition) is 4. The van der Waals surface area contributed by atoms with Crippen LogP contribution in [0.3, 0.4) is 0 Å². The summed E-state index contributed by atoms with van der Waals surface area (Å²) < 4.78 is 16.9. The van der Waals surface area contributed by atoms with Gasteiger partial charge in [-0.25, -0.2) is 0 Å². The minimum atomic E-state index is 0.316. The molecule has 6 heteroatoms. The van der Waals surface area contributed by atoms with Crippen LogP contribution in [0.1, 0.15) is 65.2 Å². The van der Waals surface area contributed by atoms with Gasteiger partial charge in [-0.05, 0) is 57.8 Å². The molecule has 0 aromatic heterocycles. The molecule has 1 aliphatic heterocycles. The maximum Gasteiger partial charge on any atom is 0.191 e. The van der Waals surface area contributed by atoms with Gasteiger partial charge >= 0.3 is 0 Å². The van der Waals surface area contributed by atoms with Gasteiger partial charge in [0, 0.05) is 46.1 Å². The molecule has 6 nitrogen and oxygen atoms in total. The molecule has 2 aliphatic rings. The Morgan fingerprint density at radius 1 is 1.11 bits per heavy atom. The molecule has 1 saturated heterocycles. The summed E-state index contributed by atoms with van der Waals surface area (Å²) in [5.41, 5.74) is 0.335. The Morgan fingerprint density at radius 3 is 2.67 bits per heavy atom. The molecule has 0 aromatic rings. The minimum Gasteiger partial charge on any atom is -0.382 e. The summed E-state index contributed by atoms with van der Waals surface area (Å²) in [5, 5.41) is 6.83. The predicted octanol–water partition coefficient (Wildman–Crippen LogP) is 3.11.